The van der Waals surface area contributed by atoms with Gasteiger partial charge in [-0.15, -0.1) is 0 Å². The minimum Gasteiger partial charge on any atom is -0.496 e. The van der Waals surface area contributed by atoms with Crippen LogP contribution in [-0.4, -0.2) is 41.2 Å². The van der Waals surface area contributed by atoms with Crippen molar-refractivity contribution in [3.05, 3.63) is 23.8 Å². The van der Waals surface area contributed by atoms with Crippen molar-refractivity contribution in [2.75, 3.05) is 20.8 Å². The topological polar surface area (TPSA) is 108 Å². The van der Waals surface area contributed by atoms with Crippen molar-refractivity contribution in [1.29, 1.82) is 0 Å². The van der Waals surface area contributed by atoms with Gasteiger partial charge in [0.25, 0.3) is 5.91 Å². The van der Waals surface area contributed by atoms with Crippen LogP contribution in [0, 0.1) is 0 Å². The van der Waals surface area contributed by atoms with Crippen molar-refractivity contribution in [1.82, 2.24) is 4.72 Å². The fourth-order valence-electron chi connectivity index (χ4n) is 1.66. The number of hydrogen-bond acceptors (Lipinski definition) is 5. The van der Waals surface area contributed by atoms with E-state index in [1.165, 1.54) is 32.4 Å². The number of methoxy groups -OCH3 is 2. The normalized spacial score (nSPS) is 12.9. The fourth-order valence-corrected chi connectivity index (χ4v) is 2.92. The van der Waals surface area contributed by atoms with Crippen LogP contribution < -0.4 is 15.2 Å². The monoisotopic (exact) mass is 302 g/mol. The van der Waals surface area contributed by atoms with Gasteiger partial charge in [-0.25, -0.2) is 13.1 Å². The average molecular weight is 302 g/mol. The number of amides is 1. The van der Waals surface area contributed by atoms with E-state index in [0.717, 1.165) is 0 Å². The van der Waals surface area contributed by atoms with Gasteiger partial charge in [0.2, 0.25) is 10.0 Å². The third-order valence-corrected chi connectivity index (χ3v) is 4.11. The predicted octanol–water partition coefficient (Wildman–Crippen LogP) is 0.107. The van der Waals surface area contributed by atoms with Crippen molar-refractivity contribution in [3.63, 3.8) is 0 Å². The van der Waals surface area contributed by atoms with Crippen LogP contribution in [0.3, 0.4) is 0 Å². The Morgan fingerprint density at radius 1 is 1.40 bits per heavy atom. The summed E-state index contributed by atoms with van der Waals surface area (Å²) in [5.74, 6) is -0.537. The summed E-state index contributed by atoms with van der Waals surface area (Å²) in [4.78, 5) is 11.2. The third-order valence-electron chi connectivity index (χ3n) is 2.52. The molecule has 0 aliphatic carbocycles. The Bertz CT molecular complexity index is 586. The molecule has 1 aromatic rings. The molecule has 112 valence electrons. The van der Waals surface area contributed by atoms with E-state index < -0.39 is 22.0 Å². The number of primary amides is 1. The van der Waals surface area contributed by atoms with Crippen LogP contribution in [0.15, 0.2) is 23.1 Å². The molecular formula is C12H18N2O5S. The molecule has 0 saturated carbocycles. The molecule has 0 aliphatic heterocycles. The molecule has 8 heteroatoms. The second-order valence-corrected chi connectivity index (χ2v) is 5.92. The first-order valence-corrected chi connectivity index (χ1v) is 7.29. The summed E-state index contributed by atoms with van der Waals surface area (Å²) < 4.78 is 36.5. The number of rotatable bonds is 7. The maximum Gasteiger partial charge on any atom is 0.252 e. The van der Waals surface area contributed by atoms with Gasteiger partial charge in [-0.1, -0.05) is 0 Å². The first-order chi connectivity index (χ1) is 9.31. The summed E-state index contributed by atoms with van der Waals surface area (Å²) in [6, 6.07) is 3.51. The molecule has 0 aliphatic rings. The number of nitrogens with two attached hydrogens (primary N) is 1. The lowest BCUT2D eigenvalue weighted by molar-refractivity contribution is 0.0997. The van der Waals surface area contributed by atoms with E-state index >= 15 is 0 Å². The molecule has 1 rings (SSSR count). The second-order valence-electron chi connectivity index (χ2n) is 4.20. The van der Waals surface area contributed by atoms with E-state index in [1.807, 2.05) is 0 Å². The van der Waals surface area contributed by atoms with E-state index in [-0.39, 0.29) is 22.8 Å². The number of hydrogen-bond donors (Lipinski definition) is 2. The highest BCUT2D eigenvalue weighted by Crippen LogP contribution is 2.22. The van der Waals surface area contributed by atoms with Gasteiger partial charge in [0.15, 0.2) is 0 Å². The zero-order chi connectivity index (χ0) is 15.3. The highest BCUT2D eigenvalue weighted by Gasteiger charge is 2.20. The molecule has 0 heterocycles. The van der Waals surface area contributed by atoms with E-state index in [4.69, 9.17) is 15.2 Å². The van der Waals surface area contributed by atoms with Crippen LogP contribution in [0.2, 0.25) is 0 Å². The van der Waals surface area contributed by atoms with E-state index in [1.54, 1.807) is 6.92 Å². The van der Waals surface area contributed by atoms with Gasteiger partial charge in [0, 0.05) is 13.2 Å². The number of benzene rings is 1. The number of ether oxygens (including phenoxy) is 2. The molecule has 1 aromatic carbocycles. The van der Waals surface area contributed by atoms with E-state index in [9.17, 15) is 13.2 Å². The summed E-state index contributed by atoms with van der Waals surface area (Å²) in [7, 11) is -0.911. The minimum absolute atomic E-state index is 0.00905. The Labute approximate surface area is 118 Å². The Hall–Kier alpha value is -1.64. The second kappa shape index (κ2) is 6.69. The van der Waals surface area contributed by atoms with Crippen LogP contribution in [-0.2, 0) is 14.8 Å². The Morgan fingerprint density at radius 2 is 2.05 bits per heavy atom. The molecule has 7 nitrogen and oxygen atoms in total. The molecule has 0 fully saturated rings. The maximum absolute atomic E-state index is 12.1. The van der Waals surface area contributed by atoms with Gasteiger partial charge in [0.1, 0.15) is 5.75 Å². The molecule has 3 N–H and O–H groups in total. The Balaban J connectivity index is 3.13. The molecule has 1 atom stereocenters. The van der Waals surface area contributed by atoms with Gasteiger partial charge < -0.3 is 15.2 Å². The summed E-state index contributed by atoms with van der Waals surface area (Å²) in [5.41, 5.74) is 5.21. The molecule has 0 radical (unpaired) electrons. The van der Waals surface area contributed by atoms with Gasteiger partial charge in [-0.05, 0) is 25.1 Å². The quantitative estimate of drug-likeness (QED) is 0.743. The third kappa shape index (κ3) is 3.92. The van der Waals surface area contributed by atoms with Crippen molar-refractivity contribution in [2.24, 2.45) is 5.73 Å². The predicted molar refractivity (Wildman–Crippen MR) is 73.2 cm³/mol. The number of sulfonamides is 1. The summed E-state index contributed by atoms with van der Waals surface area (Å²) in [6.07, 6.45) is 0. The summed E-state index contributed by atoms with van der Waals surface area (Å²) in [5, 5.41) is 0. The Kier molecular flexibility index (Phi) is 5.49. The van der Waals surface area contributed by atoms with Crippen molar-refractivity contribution < 1.29 is 22.7 Å². The summed E-state index contributed by atoms with van der Waals surface area (Å²) in [6.45, 7) is 1.90. The van der Waals surface area contributed by atoms with Crippen LogP contribution in [0.25, 0.3) is 0 Å². The standard InChI is InChI=1S/C12H18N2O5S/c1-8(7-18-2)14-20(16,17)9-4-5-11(19-3)10(6-9)12(13)15/h4-6,8,14H,7H2,1-3H3,(H2,13,15)/t8-/m1/s1. The minimum atomic E-state index is -3.76. The number of carbonyl (C=O) groups excluding carboxylic acids is 1. The van der Waals surface area contributed by atoms with Crippen molar-refractivity contribution >= 4 is 15.9 Å². The molecule has 0 unspecified atom stereocenters. The highest BCUT2D eigenvalue weighted by molar-refractivity contribution is 7.89. The van der Waals surface area contributed by atoms with Crippen LogP contribution >= 0.6 is 0 Å². The largest absolute Gasteiger partial charge is 0.496 e. The fraction of sp³-hybridized carbons (Fsp3) is 0.417. The van der Waals surface area contributed by atoms with E-state index in [2.05, 4.69) is 4.72 Å². The van der Waals surface area contributed by atoms with Gasteiger partial charge in [0.05, 0.1) is 24.2 Å². The van der Waals surface area contributed by atoms with Crippen LogP contribution in [0.4, 0.5) is 0 Å². The smallest absolute Gasteiger partial charge is 0.252 e. The average Bonchev–Trinajstić information content (AvgIpc) is 2.37. The van der Waals surface area contributed by atoms with E-state index in [0.29, 0.717) is 0 Å². The van der Waals surface area contributed by atoms with Crippen LogP contribution in [0.1, 0.15) is 17.3 Å². The molecule has 20 heavy (non-hydrogen) atoms. The van der Waals surface area contributed by atoms with Gasteiger partial charge in [-0.3, -0.25) is 4.79 Å². The zero-order valence-corrected chi connectivity index (χ0v) is 12.4. The van der Waals surface area contributed by atoms with Crippen molar-refractivity contribution in [2.45, 2.75) is 17.9 Å². The molecule has 0 spiro atoms. The van der Waals surface area contributed by atoms with Gasteiger partial charge >= 0.3 is 0 Å². The molecule has 0 bridgehead atoms. The van der Waals surface area contributed by atoms with Crippen LogP contribution in [0.5, 0.6) is 5.75 Å². The summed E-state index contributed by atoms with van der Waals surface area (Å²) >= 11 is 0. The van der Waals surface area contributed by atoms with Gasteiger partial charge in [-0.2, -0.15) is 0 Å². The lowest BCUT2D eigenvalue weighted by atomic mass is 10.2. The highest BCUT2D eigenvalue weighted by atomic mass is 32.2. The maximum atomic E-state index is 12.1. The Morgan fingerprint density at radius 3 is 2.55 bits per heavy atom. The SMILES string of the molecule is COC[C@@H](C)NS(=O)(=O)c1ccc(OC)c(C(N)=O)c1. The molecule has 1 amide bonds. The first kappa shape index (κ1) is 16.4. The first-order valence-electron chi connectivity index (χ1n) is 5.81. The number of nitrogens with one attached hydrogen (secondary N) is 1. The molecule has 0 aromatic heterocycles. The molecular weight excluding hydrogens is 284 g/mol. The van der Waals surface area contributed by atoms with Crippen molar-refractivity contribution in [3.8, 4) is 5.75 Å². The molecule has 0 saturated heterocycles. The lowest BCUT2D eigenvalue weighted by Gasteiger charge is -2.14. The zero-order valence-electron chi connectivity index (χ0n) is 11.5. The number of carbonyl (C=O) groups is 1. The lowest BCUT2D eigenvalue weighted by Crippen LogP contribution is -2.35.